The highest BCUT2D eigenvalue weighted by Crippen LogP contribution is 2.33. The Bertz CT molecular complexity index is 320. The molecule has 0 saturated carbocycles. The van der Waals surface area contributed by atoms with Crippen LogP contribution in [0.2, 0.25) is 0 Å². The number of likely N-dealkylation sites (tertiary alicyclic amines) is 1. The summed E-state index contributed by atoms with van der Waals surface area (Å²) < 4.78 is 0. The van der Waals surface area contributed by atoms with Crippen molar-refractivity contribution in [3.8, 4) is 0 Å². The van der Waals surface area contributed by atoms with Gasteiger partial charge < -0.3 is 9.80 Å². The second-order valence-electron chi connectivity index (χ2n) is 4.92. The van der Waals surface area contributed by atoms with Crippen LogP contribution in [0, 0.1) is 5.41 Å². The highest BCUT2D eigenvalue weighted by atomic mass is 16.2. The molecule has 2 amide bonds. The zero-order chi connectivity index (χ0) is 12.5. The molecule has 0 aliphatic carbocycles. The van der Waals surface area contributed by atoms with Crippen molar-refractivity contribution in [2.24, 2.45) is 0 Å². The lowest BCUT2D eigenvalue weighted by Crippen LogP contribution is -2.56. The molecule has 96 valence electrons. The number of carbonyl (C=O) groups is 1. The molecule has 2 rings (SSSR count). The highest BCUT2D eigenvalue weighted by molar-refractivity contribution is 6.08. The van der Waals surface area contributed by atoms with Crippen molar-refractivity contribution in [2.75, 3.05) is 26.2 Å². The lowest BCUT2D eigenvalue weighted by atomic mass is 9.85. The fourth-order valence-electron chi connectivity index (χ4n) is 3.05. The van der Waals surface area contributed by atoms with Crippen LogP contribution in [-0.4, -0.2) is 53.4 Å². The van der Waals surface area contributed by atoms with E-state index in [9.17, 15) is 4.79 Å². The number of rotatable bonds is 3. The molecule has 2 fully saturated rings. The minimum Gasteiger partial charge on any atom is -0.312 e. The molecule has 5 nitrogen and oxygen atoms in total. The van der Waals surface area contributed by atoms with E-state index < -0.39 is 0 Å². The number of urea groups is 1. The first-order valence-corrected chi connectivity index (χ1v) is 6.54. The summed E-state index contributed by atoms with van der Waals surface area (Å²) in [4.78, 5) is 16.0. The van der Waals surface area contributed by atoms with Gasteiger partial charge in [0, 0.05) is 19.6 Å². The van der Waals surface area contributed by atoms with Gasteiger partial charge in [-0.15, -0.1) is 0 Å². The Balaban J connectivity index is 2.10. The highest BCUT2D eigenvalue weighted by Gasteiger charge is 2.50. The SMILES string of the molecule is CCCN1CCC2(CC1)C(=N)NC(=O)N2CC. The summed E-state index contributed by atoms with van der Waals surface area (Å²) >= 11 is 0. The Morgan fingerprint density at radius 2 is 2.00 bits per heavy atom. The Morgan fingerprint density at radius 1 is 1.35 bits per heavy atom. The average Bonchev–Trinajstić information content (AvgIpc) is 2.54. The molecule has 17 heavy (non-hydrogen) atoms. The van der Waals surface area contributed by atoms with Crippen molar-refractivity contribution in [1.29, 1.82) is 5.41 Å². The number of piperidine rings is 1. The largest absolute Gasteiger partial charge is 0.323 e. The van der Waals surface area contributed by atoms with Crippen LogP contribution < -0.4 is 5.32 Å². The van der Waals surface area contributed by atoms with E-state index in [1.165, 1.54) is 6.42 Å². The Labute approximate surface area is 103 Å². The lowest BCUT2D eigenvalue weighted by Gasteiger charge is -2.43. The van der Waals surface area contributed by atoms with Crippen molar-refractivity contribution in [3.05, 3.63) is 0 Å². The van der Waals surface area contributed by atoms with Gasteiger partial charge in [-0.1, -0.05) is 6.92 Å². The van der Waals surface area contributed by atoms with Gasteiger partial charge in [-0.2, -0.15) is 0 Å². The second-order valence-corrected chi connectivity index (χ2v) is 4.92. The van der Waals surface area contributed by atoms with Crippen molar-refractivity contribution in [2.45, 2.75) is 38.6 Å². The van der Waals surface area contributed by atoms with Crippen molar-refractivity contribution < 1.29 is 4.79 Å². The van der Waals surface area contributed by atoms with Crippen LogP contribution in [0.15, 0.2) is 0 Å². The van der Waals surface area contributed by atoms with E-state index in [-0.39, 0.29) is 11.6 Å². The van der Waals surface area contributed by atoms with Gasteiger partial charge in [-0.25, -0.2) is 4.79 Å². The first kappa shape index (κ1) is 12.4. The molecular formula is C12H22N4O. The number of carbonyl (C=O) groups excluding carboxylic acids is 1. The van der Waals surface area contributed by atoms with Crippen LogP contribution in [0.4, 0.5) is 4.79 Å². The molecule has 0 atom stereocenters. The summed E-state index contributed by atoms with van der Waals surface area (Å²) in [6.45, 7) is 7.95. The van der Waals surface area contributed by atoms with Crippen molar-refractivity contribution in [1.82, 2.24) is 15.1 Å². The maximum atomic E-state index is 11.8. The number of hydrogen-bond acceptors (Lipinski definition) is 3. The maximum Gasteiger partial charge on any atom is 0.323 e. The standard InChI is InChI=1S/C12H22N4O/c1-3-7-15-8-5-12(6-9-15)10(13)14-11(17)16(12)4-2/h3-9H2,1-2H3,(H2,13,14,17). The lowest BCUT2D eigenvalue weighted by molar-refractivity contribution is 0.106. The van der Waals surface area contributed by atoms with E-state index in [0.717, 1.165) is 32.5 Å². The Morgan fingerprint density at radius 3 is 2.53 bits per heavy atom. The van der Waals surface area contributed by atoms with Crippen LogP contribution in [-0.2, 0) is 0 Å². The van der Waals surface area contributed by atoms with Crippen LogP contribution >= 0.6 is 0 Å². The number of hydrogen-bond donors (Lipinski definition) is 2. The molecular weight excluding hydrogens is 216 g/mol. The molecule has 2 aliphatic heterocycles. The third kappa shape index (κ3) is 1.92. The molecule has 2 saturated heterocycles. The van der Waals surface area contributed by atoms with E-state index in [1.54, 1.807) is 0 Å². The number of likely N-dealkylation sites (N-methyl/N-ethyl adjacent to an activating group) is 1. The van der Waals surface area contributed by atoms with Crippen LogP contribution in [0.1, 0.15) is 33.1 Å². The van der Waals surface area contributed by atoms with E-state index >= 15 is 0 Å². The predicted molar refractivity (Wildman–Crippen MR) is 67.3 cm³/mol. The molecule has 0 aromatic carbocycles. The molecule has 5 heteroatoms. The van der Waals surface area contributed by atoms with E-state index in [2.05, 4.69) is 17.1 Å². The predicted octanol–water partition coefficient (Wildman–Crippen LogP) is 1.25. The molecule has 2 N–H and O–H groups in total. The van der Waals surface area contributed by atoms with Gasteiger partial charge in [0.05, 0.1) is 0 Å². The average molecular weight is 238 g/mol. The second kappa shape index (κ2) is 4.64. The monoisotopic (exact) mass is 238 g/mol. The van der Waals surface area contributed by atoms with Gasteiger partial charge in [-0.05, 0) is 32.7 Å². The quantitative estimate of drug-likeness (QED) is 0.777. The number of amides is 2. The van der Waals surface area contributed by atoms with E-state index in [4.69, 9.17) is 5.41 Å². The number of nitrogens with one attached hydrogen (secondary N) is 2. The van der Waals surface area contributed by atoms with Gasteiger partial charge in [0.1, 0.15) is 11.4 Å². The molecule has 0 unspecified atom stereocenters. The summed E-state index contributed by atoms with van der Waals surface area (Å²) in [6, 6.07) is -0.0959. The molecule has 2 heterocycles. The zero-order valence-corrected chi connectivity index (χ0v) is 10.8. The first-order valence-electron chi connectivity index (χ1n) is 6.54. The van der Waals surface area contributed by atoms with E-state index in [0.29, 0.717) is 12.4 Å². The number of nitrogens with zero attached hydrogens (tertiary/aromatic N) is 2. The Hall–Kier alpha value is -1.10. The third-order valence-electron chi connectivity index (χ3n) is 4.00. The normalized spacial score (nSPS) is 24.5. The molecule has 1 spiro atoms. The number of amidine groups is 1. The van der Waals surface area contributed by atoms with Gasteiger partial charge in [0.25, 0.3) is 0 Å². The summed E-state index contributed by atoms with van der Waals surface area (Å²) in [6.07, 6.45) is 2.94. The minimum absolute atomic E-state index is 0.0959. The van der Waals surface area contributed by atoms with Crippen LogP contribution in [0.25, 0.3) is 0 Å². The summed E-state index contributed by atoms with van der Waals surface area (Å²) in [5.74, 6) is 0.403. The minimum atomic E-state index is -0.337. The summed E-state index contributed by atoms with van der Waals surface area (Å²) in [7, 11) is 0. The van der Waals surface area contributed by atoms with Crippen LogP contribution in [0.5, 0.6) is 0 Å². The fourth-order valence-corrected chi connectivity index (χ4v) is 3.05. The van der Waals surface area contributed by atoms with Gasteiger partial charge in [0.15, 0.2) is 0 Å². The van der Waals surface area contributed by atoms with Gasteiger partial charge >= 0.3 is 6.03 Å². The molecule has 2 aliphatic rings. The smallest absolute Gasteiger partial charge is 0.312 e. The van der Waals surface area contributed by atoms with Crippen LogP contribution in [0.3, 0.4) is 0 Å². The first-order chi connectivity index (χ1) is 8.14. The third-order valence-corrected chi connectivity index (χ3v) is 4.00. The molecule has 0 radical (unpaired) electrons. The van der Waals surface area contributed by atoms with Crippen molar-refractivity contribution >= 4 is 11.9 Å². The summed E-state index contributed by atoms with van der Waals surface area (Å²) in [5.41, 5.74) is -0.337. The maximum absolute atomic E-state index is 11.8. The molecule has 0 aromatic heterocycles. The topological polar surface area (TPSA) is 59.4 Å². The molecule has 0 bridgehead atoms. The van der Waals surface area contributed by atoms with Gasteiger partial charge in [-0.3, -0.25) is 10.7 Å². The van der Waals surface area contributed by atoms with Gasteiger partial charge in [0.2, 0.25) is 0 Å². The van der Waals surface area contributed by atoms with E-state index in [1.807, 2.05) is 11.8 Å². The van der Waals surface area contributed by atoms with Crippen molar-refractivity contribution in [3.63, 3.8) is 0 Å². The summed E-state index contributed by atoms with van der Waals surface area (Å²) in [5, 5.41) is 10.7. The Kier molecular flexibility index (Phi) is 3.38. The molecule has 0 aromatic rings. The zero-order valence-electron chi connectivity index (χ0n) is 10.8. The fraction of sp³-hybridized carbons (Fsp3) is 0.833.